The maximum Gasteiger partial charge on any atom is 0.405 e. The smallest absolute Gasteiger partial charge is 0.405 e. The zero-order valence-electron chi connectivity index (χ0n) is 22.2. The van der Waals surface area contributed by atoms with Gasteiger partial charge >= 0.3 is 6.09 Å². The van der Waals surface area contributed by atoms with Crippen molar-refractivity contribution in [3.8, 4) is 0 Å². The summed E-state index contributed by atoms with van der Waals surface area (Å²) >= 11 is 0. The molecule has 3 aromatic rings. The molecule has 10 nitrogen and oxygen atoms in total. The van der Waals surface area contributed by atoms with E-state index in [0.29, 0.717) is 6.42 Å². The number of hydrogen-bond acceptors (Lipinski definition) is 6. The van der Waals surface area contributed by atoms with Crippen molar-refractivity contribution in [1.29, 1.82) is 0 Å². The Bertz CT molecular complexity index is 1260. The first-order valence-electron chi connectivity index (χ1n) is 12.8. The molecule has 39 heavy (non-hydrogen) atoms. The van der Waals surface area contributed by atoms with E-state index < -0.39 is 35.8 Å². The maximum absolute atomic E-state index is 13.4. The first-order valence-corrected chi connectivity index (χ1v) is 12.8. The Morgan fingerprint density at radius 1 is 0.872 bits per heavy atom. The van der Waals surface area contributed by atoms with E-state index in [4.69, 9.17) is 4.42 Å². The van der Waals surface area contributed by atoms with E-state index in [1.165, 1.54) is 0 Å². The van der Waals surface area contributed by atoms with Crippen molar-refractivity contribution in [2.24, 2.45) is 5.92 Å². The number of ketones is 1. The number of Topliss-reactive ketones (excluding diaryl/α,β-unsaturated/α-hetero) is 1. The molecule has 0 aliphatic heterocycles. The van der Waals surface area contributed by atoms with Gasteiger partial charge in [0.05, 0.1) is 12.1 Å². The molecule has 3 rings (SSSR count). The summed E-state index contributed by atoms with van der Waals surface area (Å²) in [4.78, 5) is 54.5. The second-order valence-electron chi connectivity index (χ2n) is 9.73. The fraction of sp³-hybridized carbons (Fsp3) is 0.345. The van der Waals surface area contributed by atoms with E-state index in [2.05, 4.69) is 20.9 Å². The predicted molar refractivity (Wildman–Crippen MR) is 144 cm³/mol. The number of benzene rings is 2. The molecule has 0 bridgehead atoms. The standard InChI is InChI=1S/C29H34N4O6/c1-18(2)16-23(33-29(37)38)26(35)31-22(15-14-20-10-6-4-7-11-20)25(34)28-32-24(17-39-28)27(36)30-19(3)21-12-8-5-9-13-21/h4-13,17-19,22-23,33H,14-16H2,1-3H3,(H,30,36)(H,31,35)(H,37,38)/t19-,22?,23?/m0/s1. The van der Waals surface area contributed by atoms with E-state index in [1.807, 2.05) is 81.4 Å². The molecule has 206 valence electrons. The highest BCUT2D eigenvalue weighted by Gasteiger charge is 2.30. The van der Waals surface area contributed by atoms with Gasteiger partial charge in [-0.1, -0.05) is 74.5 Å². The van der Waals surface area contributed by atoms with Gasteiger partial charge < -0.3 is 25.5 Å². The van der Waals surface area contributed by atoms with Gasteiger partial charge in [-0.2, -0.15) is 0 Å². The largest absolute Gasteiger partial charge is 0.465 e. The number of carboxylic acid groups (broad SMARTS) is 1. The van der Waals surface area contributed by atoms with Crippen LogP contribution in [0.4, 0.5) is 4.79 Å². The summed E-state index contributed by atoms with van der Waals surface area (Å²) in [5, 5.41) is 16.9. The normalized spacial score (nSPS) is 13.2. The summed E-state index contributed by atoms with van der Waals surface area (Å²) in [5.41, 5.74) is 1.79. The molecule has 3 atom stereocenters. The summed E-state index contributed by atoms with van der Waals surface area (Å²) in [5.74, 6) is -2.05. The number of nitrogens with one attached hydrogen (secondary N) is 3. The lowest BCUT2D eigenvalue weighted by molar-refractivity contribution is -0.124. The lowest BCUT2D eigenvalue weighted by Crippen LogP contribution is -2.52. The Morgan fingerprint density at radius 2 is 1.51 bits per heavy atom. The molecule has 3 amide bonds. The van der Waals surface area contributed by atoms with Crippen molar-refractivity contribution >= 4 is 23.7 Å². The van der Waals surface area contributed by atoms with Gasteiger partial charge in [0.25, 0.3) is 11.8 Å². The third-order valence-electron chi connectivity index (χ3n) is 6.11. The Hall–Kier alpha value is -4.47. The van der Waals surface area contributed by atoms with Crippen LogP contribution in [0.2, 0.25) is 0 Å². The summed E-state index contributed by atoms with van der Waals surface area (Å²) in [6, 6.07) is 16.4. The zero-order chi connectivity index (χ0) is 28.4. The number of carbonyl (C=O) groups excluding carboxylic acids is 3. The van der Waals surface area contributed by atoms with Crippen LogP contribution in [0.3, 0.4) is 0 Å². The van der Waals surface area contributed by atoms with E-state index in [9.17, 15) is 24.3 Å². The van der Waals surface area contributed by atoms with Gasteiger partial charge in [-0.3, -0.25) is 14.4 Å². The third-order valence-corrected chi connectivity index (χ3v) is 6.11. The third kappa shape index (κ3) is 8.80. The van der Waals surface area contributed by atoms with Crippen molar-refractivity contribution in [2.75, 3.05) is 0 Å². The molecule has 0 aliphatic rings. The van der Waals surface area contributed by atoms with Gasteiger partial charge in [-0.25, -0.2) is 9.78 Å². The van der Waals surface area contributed by atoms with E-state index in [0.717, 1.165) is 17.4 Å². The molecule has 0 aliphatic carbocycles. The Morgan fingerprint density at radius 3 is 2.13 bits per heavy atom. The molecule has 1 aromatic heterocycles. The number of nitrogens with zero attached hydrogens (tertiary/aromatic N) is 1. The number of carbonyl (C=O) groups is 4. The Labute approximate surface area is 227 Å². The molecule has 0 fully saturated rings. The molecule has 2 unspecified atom stereocenters. The second-order valence-corrected chi connectivity index (χ2v) is 9.73. The van der Waals surface area contributed by atoms with Gasteiger partial charge in [0, 0.05) is 0 Å². The molecule has 0 saturated carbocycles. The number of oxazole rings is 1. The lowest BCUT2D eigenvalue weighted by atomic mass is 9.99. The van der Waals surface area contributed by atoms with Crippen LogP contribution in [0.5, 0.6) is 0 Å². The van der Waals surface area contributed by atoms with Crippen LogP contribution in [0.15, 0.2) is 71.3 Å². The maximum atomic E-state index is 13.4. The zero-order valence-corrected chi connectivity index (χ0v) is 22.2. The van der Waals surface area contributed by atoms with E-state index in [1.54, 1.807) is 0 Å². The number of aromatic nitrogens is 1. The van der Waals surface area contributed by atoms with Crippen LogP contribution in [-0.2, 0) is 11.2 Å². The average Bonchev–Trinajstić information content (AvgIpc) is 3.41. The Balaban J connectivity index is 1.76. The quantitative estimate of drug-likeness (QED) is 0.241. The molecule has 0 spiro atoms. The minimum absolute atomic E-state index is 0.0251. The first-order chi connectivity index (χ1) is 18.6. The van der Waals surface area contributed by atoms with Gasteiger partial charge in [0.2, 0.25) is 11.7 Å². The van der Waals surface area contributed by atoms with Crippen molar-refractivity contribution in [3.05, 3.63) is 89.6 Å². The average molecular weight is 535 g/mol. The van der Waals surface area contributed by atoms with Crippen LogP contribution in [0, 0.1) is 5.92 Å². The van der Waals surface area contributed by atoms with Crippen molar-refractivity contribution in [2.45, 2.75) is 58.2 Å². The topological polar surface area (TPSA) is 151 Å². The molecule has 0 radical (unpaired) electrons. The van der Waals surface area contributed by atoms with Crippen molar-refractivity contribution in [1.82, 2.24) is 20.9 Å². The van der Waals surface area contributed by atoms with Crippen LogP contribution in [0.1, 0.15) is 72.0 Å². The van der Waals surface area contributed by atoms with Crippen LogP contribution in [-0.4, -0.2) is 45.9 Å². The monoisotopic (exact) mass is 534 g/mol. The second kappa shape index (κ2) is 13.9. The first kappa shape index (κ1) is 29.1. The fourth-order valence-corrected chi connectivity index (χ4v) is 4.08. The fourth-order valence-electron chi connectivity index (χ4n) is 4.08. The SMILES string of the molecule is CC(C)CC(NC(=O)O)C(=O)NC(CCc1ccccc1)C(=O)c1nc(C(=O)N[C@@H](C)c2ccccc2)co1. The molecule has 2 aromatic carbocycles. The number of amides is 3. The molecule has 4 N–H and O–H groups in total. The highest BCUT2D eigenvalue weighted by atomic mass is 16.4. The van der Waals surface area contributed by atoms with Crippen LogP contribution >= 0.6 is 0 Å². The van der Waals surface area contributed by atoms with Gasteiger partial charge in [-0.15, -0.1) is 0 Å². The summed E-state index contributed by atoms with van der Waals surface area (Å²) < 4.78 is 5.36. The van der Waals surface area contributed by atoms with Crippen molar-refractivity contribution in [3.63, 3.8) is 0 Å². The number of rotatable bonds is 13. The highest BCUT2D eigenvalue weighted by Crippen LogP contribution is 2.15. The van der Waals surface area contributed by atoms with E-state index in [-0.39, 0.29) is 36.4 Å². The minimum Gasteiger partial charge on any atom is -0.465 e. The van der Waals surface area contributed by atoms with Gasteiger partial charge in [0.15, 0.2) is 5.69 Å². The molecular formula is C29H34N4O6. The van der Waals surface area contributed by atoms with Gasteiger partial charge in [-0.05, 0) is 43.2 Å². The van der Waals surface area contributed by atoms with E-state index >= 15 is 0 Å². The van der Waals surface area contributed by atoms with Crippen LogP contribution < -0.4 is 16.0 Å². The summed E-state index contributed by atoms with van der Waals surface area (Å²) in [7, 11) is 0. The lowest BCUT2D eigenvalue weighted by Gasteiger charge is -2.22. The van der Waals surface area contributed by atoms with Gasteiger partial charge in [0.1, 0.15) is 12.3 Å². The van der Waals surface area contributed by atoms with Crippen LogP contribution in [0.25, 0.3) is 0 Å². The molecule has 1 heterocycles. The highest BCUT2D eigenvalue weighted by molar-refractivity contribution is 6.00. The molecule has 0 saturated heterocycles. The summed E-state index contributed by atoms with van der Waals surface area (Å²) in [6.07, 6.45) is 0.688. The number of aryl methyl sites for hydroxylation is 1. The number of hydrogen-bond donors (Lipinski definition) is 4. The minimum atomic E-state index is -1.34. The molecule has 10 heteroatoms. The molecular weight excluding hydrogens is 500 g/mol. The van der Waals surface area contributed by atoms with Crippen molar-refractivity contribution < 1.29 is 28.7 Å². The Kier molecular flexibility index (Phi) is 10.4. The summed E-state index contributed by atoms with van der Waals surface area (Å²) in [6.45, 7) is 5.55. The predicted octanol–water partition coefficient (Wildman–Crippen LogP) is 4.15.